The number of hydrogen-bond acceptors (Lipinski definition) is 9. The molecule has 0 saturated carbocycles. The molecule has 180 valence electrons. The van der Waals surface area contributed by atoms with Gasteiger partial charge in [0.25, 0.3) is 0 Å². The molecular formula is C25H29N3O4S2. The van der Waals surface area contributed by atoms with Crippen molar-refractivity contribution in [3.63, 3.8) is 0 Å². The number of esters is 1. The summed E-state index contributed by atoms with van der Waals surface area (Å²) in [4.78, 5) is 36.7. The van der Waals surface area contributed by atoms with E-state index >= 15 is 0 Å². The largest absolute Gasteiger partial charge is 0.497 e. The minimum absolute atomic E-state index is 0.0616. The zero-order valence-electron chi connectivity index (χ0n) is 19.4. The van der Waals surface area contributed by atoms with Crippen LogP contribution in [-0.2, 0) is 9.53 Å². The number of hydrogen-bond donors (Lipinski definition) is 0. The Hall–Kier alpha value is -2.49. The Kier molecular flexibility index (Phi) is 8.53. The van der Waals surface area contributed by atoms with Gasteiger partial charge in [-0.1, -0.05) is 11.8 Å². The van der Waals surface area contributed by atoms with Gasteiger partial charge in [0, 0.05) is 54.0 Å². The molecule has 0 bridgehead atoms. The smallest absolute Gasteiger partial charge is 0.310 e. The SMILES string of the molecule is COC(=O)[C@H]1CN(CCSc2nccs2)CC[C@H]1CCC(=O)c1ccnc2ccc(OC)cc12. The molecule has 0 spiro atoms. The van der Waals surface area contributed by atoms with Gasteiger partial charge in [0.05, 0.1) is 25.7 Å². The summed E-state index contributed by atoms with van der Waals surface area (Å²) < 4.78 is 11.5. The minimum Gasteiger partial charge on any atom is -0.497 e. The standard InChI is InChI=1S/C25H29N3O4S2/c1-31-18-4-5-22-20(15-18)19(7-9-26-22)23(29)6-3-17-8-11-28(16-21(17)24(30)32-2)12-14-34-25-27-10-13-33-25/h4-5,7,9-10,13,15,17,21H,3,6,8,11-12,14,16H2,1-2H3/t17-,21+/m1/s1. The first-order valence-electron chi connectivity index (χ1n) is 11.4. The highest BCUT2D eigenvalue weighted by molar-refractivity contribution is 8.01. The van der Waals surface area contributed by atoms with Crippen molar-refractivity contribution >= 4 is 45.8 Å². The number of rotatable bonds is 10. The molecule has 1 aromatic carbocycles. The molecule has 4 rings (SSSR count). The highest BCUT2D eigenvalue weighted by Crippen LogP contribution is 2.31. The lowest BCUT2D eigenvalue weighted by molar-refractivity contribution is -0.149. The van der Waals surface area contributed by atoms with E-state index in [1.165, 1.54) is 7.11 Å². The van der Waals surface area contributed by atoms with Crippen LogP contribution in [0.4, 0.5) is 0 Å². The predicted molar refractivity (Wildman–Crippen MR) is 135 cm³/mol. The van der Waals surface area contributed by atoms with Gasteiger partial charge < -0.3 is 14.4 Å². The van der Waals surface area contributed by atoms with Gasteiger partial charge in [0.1, 0.15) is 10.1 Å². The number of pyridine rings is 1. The Morgan fingerprint density at radius 2 is 2.09 bits per heavy atom. The molecule has 1 saturated heterocycles. The molecule has 1 aliphatic rings. The van der Waals surface area contributed by atoms with Gasteiger partial charge in [-0.25, -0.2) is 4.98 Å². The number of thioether (sulfide) groups is 1. The average Bonchev–Trinajstić information content (AvgIpc) is 3.40. The predicted octanol–water partition coefficient (Wildman–Crippen LogP) is 4.57. The van der Waals surface area contributed by atoms with E-state index in [4.69, 9.17) is 9.47 Å². The number of likely N-dealkylation sites (tertiary alicyclic amines) is 1. The molecule has 2 atom stereocenters. The minimum atomic E-state index is -0.217. The van der Waals surface area contributed by atoms with E-state index in [0.29, 0.717) is 30.7 Å². The van der Waals surface area contributed by atoms with Gasteiger partial charge in [-0.05, 0) is 49.6 Å². The number of piperidine rings is 1. The van der Waals surface area contributed by atoms with Gasteiger partial charge >= 0.3 is 5.97 Å². The van der Waals surface area contributed by atoms with Crippen LogP contribution in [0.3, 0.4) is 0 Å². The zero-order chi connectivity index (χ0) is 23.9. The lowest BCUT2D eigenvalue weighted by Crippen LogP contribution is -2.45. The Morgan fingerprint density at radius 3 is 2.85 bits per heavy atom. The lowest BCUT2D eigenvalue weighted by Gasteiger charge is -2.37. The van der Waals surface area contributed by atoms with Crippen LogP contribution in [0.15, 0.2) is 46.4 Å². The van der Waals surface area contributed by atoms with Crippen LogP contribution < -0.4 is 4.74 Å². The van der Waals surface area contributed by atoms with Crippen molar-refractivity contribution in [1.82, 2.24) is 14.9 Å². The van der Waals surface area contributed by atoms with Crippen LogP contribution in [0.1, 0.15) is 29.6 Å². The second-order valence-corrected chi connectivity index (χ2v) is 10.6. The van der Waals surface area contributed by atoms with E-state index in [9.17, 15) is 9.59 Å². The second kappa shape index (κ2) is 11.8. The highest BCUT2D eigenvalue weighted by atomic mass is 32.2. The zero-order valence-corrected chi connectivity index (χ0v) is 21.1. The number of ketones is 1. The first-order valence-corrected chi connectivity index (χ1v) is 13.2. The van der Waals surface area contributed by atoms with E-state index in [0.717, 1.165) is 40.5 Å². The molecule has 0 N–H and O–H groups in total. The van der Waals surface area contributed by atoms with E-state index in [1.807, 2.05) is 29.8 Å². The van der Waals surface area contributed by atoms with E-state index in [2.05, 4.69) is 14.9 Å². The number of thiazole rings is 1. The summed E-state index contributed by atoms with van der Waals surface area (Å²) in [6, 6.07) is 7.33. The molecule has 0 radical (unpaired) electrons. The fourth-order valence-corrected chi connectivity index (χ4v) is 6.23. The summed E-state index contributed by atoms with van der Waals surface area (Å²) in [5, 5.41) is 2.78. The Morgan fingerprint density at radius 1 is 1.21 bits per heavy atom. The van der Waals surface area contributed by atoms with E-state index in [1.54, 1.807) is 42.5 Å². The van der Waals surface area contributed by atoms with Crippen molar-refractivity contribution in [2.24, 2.45) is 11.8 Å². The summed E-state index contributed by atoms with van der Waals surface area (Å²) in [6.45, 7) is 2.48. The summed E-state index contributed by atoms with van der Waals surface area (Å²) in [6.07, 6.45) is 5.40. The molecule has 1 fully saturated rings. The van der Waals surface area contributed by atoms with Gasteiger partial charge in [-0.2, -0.15) is 0 Å². The van der Waals surface area contributed by atoms with Gasteiger partial charge in [-0.15, -0.1) is 11.3 Å². The highest BCUT2D eigenvalue weighted by Gasteiger charge is 2.35. The Bertz CT molecular complexity index is 1120. The molecule has 0 aliphatic carbocycles. The normalized spacial score (nSPS) is 18.6. The number of aromatic nitrogens is 2. The van der Waals surface area contributed by atoms with Crippen LogP contribution in [0.25, 0.3) is 10.9 Å². The maximum atomic E-state index is 13.2. The number of carbonyl (C=O) groups is 2. The molecular weight excluding hydrogens is 470 g/mol. The maximum Gasteiger partial charge on any atom is 0.310 e. The number of nitrogens with zero attached hydrogens (tertiary/aromatic N) is 3. The molecule has 34 heavy (non-hydrogen) atoms. The first kappa shape index (κ1) is 24.6. The molecule has 7 nitrogen and oxygen atoms in total. The number of benzene rings is 1. The number of fused-ring (bicyclic) bond motifs is 1. The third-order valence-corrected chi connectivity index (χ3v) is 8.32. The van der Waals surface area contributed by atoms with E-state index in [-0.39, 0.29) is 23.6 Å². The molecule has 2 aromatic heterocycles. The van der Waals surface area contributed by atoms with Crippen LogP contribution in [0.5, 0.6) is 5.75 Å². The first-order chi connectivity index (χ1) is 16.6. The number of ether oxygens (including phenoxy) is 2. The third-order valence-electron chi connectivity index (χ3n) is 6.38. The van der Waals surface area contributed by atoms with Crippen molar-refractivity contribution in [3.05, 3.63) is 47.6 Å². The topological polar surface area (TPSA) is 81.6 Å². The Labute approximate surface area is 207 Å². The molecule has 0 amide bonds. The summed E-state index contributed by atoms with van der Waals surface area (Å²) in [5.74, 6) is 1.41. The quantitative estimate of drug-likeness (QED) is 0.228. The summed E-state index contributed by atoms with van der Waals surface area (Å²) >= 11 is 3.39. The molecule has 3 heterocycles. The monoisotopic (exact) mass is 499 g/mol. The number of Topliss-reactive ketones (excluding diaryl/α,β-unsaturated/α-hetero) is 1. The summed E-state index contributed by atoms with van der Waals surface area (Å²) in [7, 11) is 3.05. The third kappa shape index (κ3) is 5.95. The van der Waals surface area contributed by atoms with Crippen LogP contribution in [0.2, 0.25) is 0 Å². The van der Waals surface area contributed by atoms with Crippen molar-refractivity contribution in [1.29, 1.82) is 0 Å². The Balaban J connectivity index is 1.37. The van der Waals surface area contributed by atoms with Crippen LogP contribution in [-0.4, -0.2) is 66.2 Å². The molecule has 3 aromatic rings. The second-order valence-electron chi connectivity index (χ2n) is 8.33. The van der Waals surface area contributed by atoms with Crippen LogP contribution >= 0.6 is 23.1 Å². The maximum absolute atomic E-state index is 13.2. The average molecular weight is 500 g/mol. The van der Waals surface area contributed by atoms with Crippen molar-refractivity contribution in [2.75, 3.05) is 39.6 Å². The fourth-order valence-electron chi connectivity index (χ4n) is 4.53. The molecule has 9 heteroatoms. The fraction of sp³-hybridized carbons (Fsp3) is 0.440. The van der Waals surface area contributed by atoms with Crippen molar-refractivity contribution in [3.8, 4) is 5.75 Å². The van der Waals surface area contributed by atoms with E-state index < -0.39 is 0 Å². The molecule has 1 aliphatic heterocycles. The van der Waals surface area contributed by atoms with Crippen molar-refractivity contribution in [2.45, 2.75) is 23.6 Å². The molecule has 0 unspecified atom stereocenters. The van der Waals surface area contributed by atoms with Gasteiger partial charge in [0.15, 0.2) is 5.78 Å². The van der Waals surface area contributed by atoms with Crippen molar-refractivity contribution < 1.29 is 19.1 Å². The van der Waals surface area contributed by atoms with Gasteiger partial charge in [-0.3, -0.25) is 14.6 Å². The lowest BCUT2D eigenvalue weighted by atomic mass is 9.81. The number of methoxy groups -OCH3 is 2. The van der Waals surface area contributed by atoms with Gasteiger partial charge in [0.2, 0.25) is 0 Å². The number of carbonyl (C=O) groups excluding carboxylic acids is 2. The van der Waals surface area contributed by atoms with Crippen LogP contribution in [0, 0.1) is 11.8 Å². The summed E-state index contributed by atoms with van der Waals surface area (Å²) in [5.41, 5.74) is 1.41.